The first-order chi connectivity index (χ1) is 9.70. The molecular formula is C17H12ClNO. The van der Waals surface area contributed by atoms with E-state index in [4.69, 9.17) is 11.6 Å². The van der Waals surface area contributed by atoms with Gasteiger partial charge in [0.1, 0.15) is 5.75 Å². The van der Waals surface area contributed by atoms with Gasteiger partial charge in [0.15, 0.2) is 0 Å². The van der Waals surface area contributed by atoms with Gasteiger partial charge in [0, 0.05) is 10.4 Å². The third-order valence-corrected chi connectivity index (χ3v) is 3.25. The summed E-state index contributed by atoms with van der Waals surface area (Å²) in [5, 5.41) is 11.0. The molecule has 3 heteroatoms. The second-order valence-corrected chi connectivity index (χ2v) is 4.93. The molecule has 0 spiro atoms. The minimum atomic E-state index is 0.264. The summed E-state index contributed by atoms with van der Waals surface area (Å²) in [4.78, 5) is 4.55. The fourth-order valence-corrected chi connectivity index (χ4v) is 2.13. The van der Waals surface area contributed by atoms with E-state index in [1.54, 1.807) is 12.1 Å². The zero-order valence-electron chi connectivity index (χ0n) is 10.6. The summed E-state index contributed by atoms with van der Waals surface area (Å²) in [5.41, 5.74) is 2.76. The Morgan fingerprint density at radius 2 is 1.65 bits per heavy atom. The van der Waals surface area contributed by atoms with Crippen LogP contribution in [0.2, 0.25) is 5.02 Å². The van der Waals surface area contributed by atoms with Crippen molar-refractivity contribution in [3.63, 3.8) is 0 Å². The number of phenolic OH excluding ortho intramolecular Hbond substituents is 1. The minimum absolute atomic E-state index is 0.264. The number of nitrogens with zero attached hydrogens (tertiary/aromatic N) is 1. The lowest BCUT2D eigenvalue weighted by Crippen LogP contribution is -1.83. The lowest BCUT2D eigenvalue weighted by atomic mass is 10.1. The van der Waals surface area contributed by atoms with E-state index < -0.39 is 0 Å². The number of halogens is 1. The third kappa shape index (κ3) is 2.81. The zero-order valence-corrected chi connectivity index (χ0v) is 11.4. The molecule has 0 atom stereocenters. The summed E-state index contributed by atoms with van der Waals surface area (Å²) >= 11 is 5.98. The van der Waals surface area contributed by atoms with Gasteiger partial charge in [-0.25, -0.2) is 4.98 Å². The van der Waals surface area contributed by atoms with E-state index in [9.17, 15) is 5.11 Å². The Morgan fingerprint density at radius 1 is 0.900 bits per heavy atom. The third-order valence-electron chi connectivity index (χ3n) is 3.02. The molecule has 1 heterocycles. The maximum Gasteiger partial charge on any atom is 0.115 e. The number of hydrogen-bond donors (Lipinski definition) is 1. The van der Waals surface area contributed by atoms with Gasteiger partial charge in [-0.05, 0) is 42.0 Å². The summed E-state index contributed by atoms with van der Waals surface area (Å²) in [6, 6.07) is 16.7. The summed E-state index contributed by atoms with van der Waals surface area (Å²) in [7, 11) is 0. The second-order valence-electron chi connectivity index (χ2n) is 4.50. The summed E-state index contributed by atoms with van der Waals surface area (Å²) in [6.07, 6.45) is 3.89. The van der Waals surface area contributed by atoms with Crippen molar-refractivity contribution in [2.45, 2.75) is 0 Å². The van der Waals surface area contributed by atoms with Gasteiger partial charge in [0.05, 0.1) is 11.2 Å². The molecule has 0 amide bonds. The van der Waals surface area contributed by atoms with Crippen molar-refractivity contribution >= 4 is 34.7 Å². The molecule has 2 aromatic carbocycles. The molecular weight excluding hydrogens is 270 g/mol. The Bertz CT molecular complexity index is 779. The lowest BCUT2D eigenvalue weighted by molar-refractivity contribution is 0.475. The minimum Gasteiger partial charge on any atom is -0.508 e. The first-order valence-corrected chi connectivity index (χ1v) is 6.62. The Labute approximate surface area is 122 Å². The van der Waals surface area contributed by atoms with Crippen LogP contribution in [0, 0.1) is 0 Å². The number of pyridine rings is 1. The first-order valence-electron chi connectivity index (χ1n) is 6.24. The van der Waals surface area contributed by atoms with Gasteiger partial charge < -0.3 is 5.11 Å². The van der Waals surface area contributed by atoms with Crippen molar-refractivity contribution in [3.8, 4) is 5.75 Å². The van der Waals surface area contributed by atoms with E-state index >= 15 is 0 Å². The van der Waals surface area contributed by atoms with E-state index in [1.165, 1.54) is 0 Å². The number of rotatable bonds is 2. The van der Waals surface area contributed by atoms with E-state index in [1.807, 2.05) is 54.6 Å². The highest BCUT2D eigenvalue weighted by atomic mass is 35.5. The molecule has 0 aliphatic heterocycles. The average molecular weight is 282 g/mol. The molecule has 0 saturated heterocycles. The van der Waals surface area contributed by atoms with Gasteiger partial charge in [0.25, 0.3) is 0 Å². The fraction of sp³-hybridized carbons (Fsp3) is 0. The molecule has 0 fully saturated rings. The number of aromatic nitrogens is 1. The zero-order chi connectivity index (χ0) is 13.9. The van der Waals surface area contributed by atoms with Crippen LogP contribution in [0.4, 0.5) is 0 Å². The van der Waals surface area contributed by atoms with Crippen LogP contribution in [0.15, 0.2) is 54.6 Å². The SMILES string of the molecule is Oc1ccc(C=Cc2ccc3ccc(Cl)cc3n2)cc1. The molecule has 20 heavy (non-hydrogen) atoms. The molecule has 3 rings (SSSR count). The molecule has 0 aliphatic rings. The Balaban J connectivity index is 1.92. The van der Waals surface area contributed by atoms with Crippen molar-refractivity contribution in [1.82, 2.24) is 4.98 Å². The van der Waals surface area contributed by atoms with Gasteiger partial charge >= 0.3 is 0 Å². The topological polar surface area (TPSA) is 33.1 Å². The second kappa shape index (κ2) is 5.35. The van der Waals surface area contributed by atoms with E-state index in [2.05, 4.69) is 4.98 Å². The van der Waals surface area contributed by atoms with E-state index in [0.29, 0.717) is 5.02 Å². The highest BCUT2D eigenvalue weighted by molar-refractivity contribution is 6.31. The number of aromatic hydroxyl groups is 1. The normalized spacial score (nSPS) is 11.2. The number of fused-ring (bicyclic) bond motifs is 1. The molecule has 2 nitrogen and oxygen atoms in total. The molecule has 1 aromatic heterocycles. The summed E-state index contributed by atoms with van der Waals surface area (Å²) in [6.45, 7) is 0. The number of hydrogen-bond acceptors (Lipinski definition) is 2. The van der Waals surface area contributed by atoms with Gasteiger partial charge in [0.2, 0.25) is 0 Å². The van der Waals surface area contributed by atoms with Crippen molar-refractivity contribution in [2.24, 2.45) is 0 Å². The van der Waals surface area contributed by atoms with Crippen molar-refractivity contribution in [2.75, 3.05) is 0 Å². The van der Waals surface area contributed by atoms with Crippen LogP contribution in [0.1, 0.15) is 11.3 Å². The Hall–Kier alpha value is -2.32. The van der Waals surface area contributed by atoms with Crippen LogP contribution in [0.25, 0.3) is 23.1 Å². The van der Waals surface area contributed by atoms with Gasteiger partial charge in [-0.1, -0.05) is 41.9 Å². The lowest BCUT2D eigenvalue weighted by Gasteiger charge is -2.00. The average Bonchev–Trinajstić information content (AvgIpc) is 2.46. The predicted octanol–water partition coefficient (Wildman–Crippen LogP) is 4.76. The molecule has 0 bridgehead atoms. The maximum absolute atomic E-state index is 9.24. The van der Waals surface area contributed by atoms with Crippen molar-refractivity contribution in [1.29, 1.82) is 0 Å². The number of benzene rings is 2. The van der Waals surface area contributed by atoms with Crippen LogP contribution >= 0.6 is 11.6 Å². The standard InChI is InChI=1S/C17H12ClNO/c18-14-6-4-13-5-8-15(19-17(13)11-14)7-1-12-2-9-16(20)10-3-12/h1-11,20H. The largest absolute Gasteiger partial charge is 0.508 e. The molecule has 0 unspecified atom stereocenters. The molecule has 3 aromatic rings. The quantitative estimate of drug-likeness (QED) is 0.734. The number of phenols is 1. The van der Waals surface area contributed by atoms with Crippen molar-refractivity contribution in [3.05, 3.63) is 70.9 Å². The highest BCUT2D eigenvalue weighted by Crippen LogP contribution is 2.19. The fourth-order valence-electron chi connectivity index (χ4n) is 1.97. The molecule has 0 aliphatic carbocycles. The monoisotopic (exact) mass is 281 g/mol. The van der Waals surface area contributed by atoms with Crippen LogP contribution in [0.5, 0.6) is 5.75 Å². The van der Waals surface area contributed by atoms with Crippen LogP contribution in [0.3, 0.4) is 0 Å². The Kier molecular flexibility index (Phi) is 3.40. The van der Waals surface area contributed by atoms with Crippen molar-refractivity contribution < 1.29 is 5.11 Å². The highest BCUT2D eigenvalue weighted by Gasteiger charge is 1.97. The van der Waals surface area contributed by atoms with E-state index in [-0.39, 0.29) is 5.75 Å². The molecule has 0 saturated carbocycles. The summed E-state index contributed by atoms with van der Waals surface area (Å²) < 4.78 is 0. The molecule has 0 radical (unpaired) electrons. The van der Waals surface area contributed by atoms with Gasteiger partial charge in [-0.3, -0.25) is 0 Å². The maximum atomic E-state index is 9.24. The molecule has 1 N–H and O–H groups in total. The first kappa shape index (κ1) is 12.7. The van der Waals surface area contributed by atoms with Gasteiger partial charge in [-0.15, -0.1) is 0 Å². The van der Waals surface area contributed by atoms with E-state index in [0.717, 1.165) is 22.2 Å². The molecule has 98 valence electrons. The Morgan fingerprint density at radius 3 is 2.45 bits per heavy atom. The van der Waals surface area contributed by atoms with Crippen LogP contribution in [-0.2, 0) is 0 Å². The summed E-state index contributed by atoms with van der Waals surface area (Å²) in [5.74, 6) is 0.264. The van der Waals surface area contributed by atoms with Crippen LogP contribution in [-0.4, -0.2) is 10.1 Å². The van der Waals surface area contributed by atoms with Crippen LogP contribution < -0.4 is 0 Å². The smallest absolute Gasteiger partial charge is 0.115 e. The van der Waals surface area contributed by atoms with Gasteiger partial charge in [-0.2, -0.15) is 0 Å². The predicted molar refractivity (Wildman–Crippen MR) is 83.8 cm³/mol.